The van der Waals surface area contributed by atoms with Crippen LogP contribution >= 0.6 is 0 Å². The van der Waals surface area contributed by atoms with Crippen molar-refractivity contribution in [3.8, 4) is 0 Å². The summed E-state index contributed by atoms with van der Waals surface area (Å²) in [6.07, 6.45) is 7.42. The molecule has 1 aromatic heterocycles. The number of fused-ring (bicyclic) bond motifs is 3. The average molecular weight is 255 g/mol. The Morgan fingerprint density at radius 3 is 3.00 bits per heavy atom. The molecule has 0 bridgehead atoms. The lowest BCUT2D eigenvalue weighted by atomic mass is 9.68. The minimum Gasteiger partial charge on any atom is -0.358 e. The summed E-state index contributed by atoms with van der Waals surface area (Å²) in [5, 5.41) is 1.38. The molecule has 2 aromatic rings. The predicted molar refractivity (Wildman–Crippen MR) is 78.3 cm³/mol. The average Bonchev–Trinajstić information content (AvgIpc) is 2.83. The Morgan fingerprint density at radius 1 is 1.37 bits per heavy atom. The zero-order valence-electron chi connectivity index (χ0n) is 11.5. The number of hydrogen-bond donors (Lipinski definition) is 1. The first-order chi connectivity index (χ1) is 9.28. The van der Waals surface area contributed by atoms with Gasteiger partial charge in [0.2, 0.25) is 0 Å². The first-order valence-electron chi connectivity index (χ1n) is 7.30. The van der Waals surface area contributed by atoms with E-state index in [4.69, 9.17) is 0 Å². The summed E-state index contributed by atoms with van der Waals surface area (Å²) >= 11 is 0. The van der Waals surface area contributed by atoms with Crippen LogP contribution < -0.4 is 0 Å². The molecule has 1 unspecified atom stereocenters. The maximum Gasteiger partial charge on any atom is 0.120 e. The smallest absolute Gasteiger partial charge is 0.120 e. The Hall–Kier alpha value is -1.57. The van der Waals surface area contributed by atoms with Crippen molar-refractivity contribution < 1.29 is 4.79 Å². The summed E-state index contributed by atoms with van der Waals surface area (Å²) in [6.45, 7) is 2.27. The van der Waals surface area contributed by atoms with Crippen molar-refractivity contribution in [1.82, 2.24) is 4.98 Å². The highest BCUT2D eigenvalue weighted by Gasteiger charge is 2.33. The maximum atomic E-state index is 10.7. The van der Waals surface area contributed by atoms with E-state index in [1.54, 1.807) is 0 Å². The number of benzene rings is 1. The normalized spacial score (nSPS) is 22.4. The molecule has 2 nitrogen and oxygen atoms in total. The lowest BCUT2D eigenvalue weighted by Crippen LogP contribution is -2.28. The highest BCUT2D eigenvalue weighted by Crippen LogP contribution is 2.43. The Kier molecular flexibility index (Phi) is 3.17. The van der Waals surface area contributed by atoms with Crippen LogP contribution in [0.5, 0.6) is 0 Å². The highest BCUT2D eigenvalue weighted by atomic mass is 16.1. The standard InChI is InChI=1S/C17H21NO/c1-2-17(9-5-11-19)10-8-16-14(12-17)13-6-3-4-7-15(13)18-16/h3-4,6-7,11,18H,2,5,8-10,12H2,1H3. The van der Waals surface area contributed by atoms with Crippen LogP contribution in [0, 0.1) is 5.41 Å². The molecule has 0 spiro atoms. The fourth-order valence-electron chi connectivity index (χ4n) is 3.58. The molecule has 0 amide bonds. The van der Waals surface area contributed by atoms with E-state index in [2.05, 4.69) is 36.2 Å². The largest absolute Gasteiger partial charge is 0.358 e. The quantitative estimate of drug-likeness (QED) is 0.822. The molecule has 0 saturated heterocycles. The van der Waals surface area contributed by atoms with Crippen molar-refractivity contribution >= 4 is 17.2 Å². The summed E-state index contributed by atoms with van der Waals surface area (Å²) in [4.78, 5) is 14.3. The summed E-state index contributed by atoms with van der Waals surface area (Å²) < 4.78 is 0. The number of rotatable bonds is 4. The number of hydrogen-bond acceptors (Lipinski definition) is 1. The number of H-pyrrole nitrogens is 1. The molecule has 100 valence electrons. The highest BCUT2D eigenvalue weighted by molar-refractivity contribution is 5.85. The molecule has 3 rings (SSSR count). The number of aromatic amines is 1. The van der Waals surface area contributed by atoms with Crippen LogP contribution in [0.2, 0.25) is 0 Å². The van der Waals surface area contributed by atoms with E-state index in [9.17, 15) is 4.79 Å². The molecule has 2 heteroatoms. The van der Waals surface area contributed by atoms with Crippen molar-refractivity contribution in [2.45, 2.75) is 45.4 Å². The van der Waals surface area contributed by atoms with E-state index in [0.29, 0.717) is 11.8 Å². The van der Waals surface area contributed by atoms with Crippen LogP contribution in [0.4, 0.5) is 0 Å². The number of nitrogens with one attached hydrogen (secondary N) is 1. The van der Waals surface area contributed by atoms with Crippen molar-refractivity contribution in [1.29, 1.82) is 0 Å². The Bertz CT molecular complexity index is 598. The number of aromatic nitrogens is 1. The van der Waals surface area contributed by atoms with Gasteiger partial charge in [0.15, 0.2) is 0 Å². The lowest BCUT2D eigenvalue weighted by molar-refractivity contribution is -0.108. The van der Waals surface area contributed by atoms with Gasteiger partial charge in [-0.2, -0.15) is 0 Å². The molecule has 0 fully saturated rings. The fourth-order valence-corrected chi connectivity index (χ4v) is 3.58. The second-order valence-electron chi connectivity index (χ2n) is 5.86. The van der Waals surface area contributed by atoms with E-state index < -0.39 is 0 Å². The molecule has 1 aliphatic rings. The van der Waals surface area contributed by atoms with Gasteiger partial charge < -0.3 is 9.78 Å². The maximum absolute atomic E-state index is 10.7. The number of aldehydes is 1. The van der Waals surface area contributed by atoms with Gasteiger partial charge in [0.1, 0.15) is 6.29 Å². The summed E-state index contributed by atoms with van der Waals surface area (Å²) in [5.74, 6) is 0. The molecule has 0 radical (unpaired) electrons. The van der Waals surface area contributed by atoms with Gasteiger partial charge in [0.05, 0.1) is 0 Å². The van der Waals surface area contributed by atoms with Crippen LogP contribution in [0.25, 0.3) is 10.9 Å². The van der Waals surface area contributed by atoms with E-state index in [-0.39, 0.29) is 0 Å². The topological polar surface area (TPSA) is 32.9 Å². The summed E-state index contributed by atoms with van der Waals surface area (Å²) in [6, 6.07) is 8.58. The number of carbonyl (C=O) groups excluding carboxylic acids is 1. The lowest BCUT2D eigenvalue weighted by Gasteiger charge is -2.36. The molecule has 0 aliphatic heterocycles. The minimum absolute atomic E-state index is 0.332. The van der Waals surface area contributed by atoms with Crippen LogP contribution in [0.15, 0.2) is 24.3 Å². The van der Waals surface area contributed by atoms with E-state index in [1.165, 1.54) is 35.0 Å². The van der Waals surface area contributed by atoms with E-state index >= 15 is 0 Å². The van der Waals surface area contributed by atoms with Gasteiger partial charge in [0.25, 0.3) is 0 Å². The Labute approximate surface area is 114 Å². The predicted octanol–water partition coefficient (Wildman–Crippen LogP) is 4.03. The second-order valence-corrected chi connectivity index (χ2v) is 5.86. The van der Waals surface area contributed by atoms with Crippen molar-refractivity contribution in [2.24, 2.45) is 5.41 Å². The third-order valence-corrected chi connectivity index (χ3v) is 4.90. The molecule has 1 aromatic carbocycles. The van der Waals surface area contributed by atoms with Crippen LogP contribution in [0.1, 0.15) is 43.9 Å². The van der Waals surface area contributed by atoms with Gasteiger partial charge in [0, 0.05) is 23.0 Å². The van der Waals surface area contributed by atoms with Gasteiger partial charge in [-0.1, -0.05) is 31.5 Å². The summed E-state index contributed by atoms with van der Waals surface area (Å²) in [7, 11) is 0. The zero-order valence-corrected chi connectivity index (χ0v) is 11.5. The van der Waals surface area contributed by atoms with Gasteiger partial charge in [-0.3, -0.25) is 0 Å². The third kappa shape index (κ3) is 2.09. The van der Waals surface area contributed by atoms with E-state index in [1.807, 2.05) is 0 Å². The molecule has 0 saturated carbocycles. The van der Waals surface area contributed by atoms with Gasteiger partial charge in [-0.25, -0.2) is 0 Å². The van der Waals surface area contributed by atoms with Crippen molar-refractivity contribution in [2.75, 3.05) is 0 Å². The SMILES string of the molecule is CCC1(CCC=O)CCc2[nH]c3ccccc3c2C1. The first-order valence-corrected chi connectivity index (χ1v) is 7.30. The van der Waals surface area contributed by atoms with Gasteiger partial charge in [-0.05, 0) is 42.7 Å². The molecule has 1 atom stereocenters. The minimum atomic E-state index is 0.332. The summed E-state index contributed by atoms with van der Waals surface area (Å²) in [5.41, 5.74) is 4.50. The van der Waals surface area contributed by atoms with Crippen molar-refractivity contribution in [3.63, 3.8) is 0 Å². The number of aryl methyl sites for hydroxylation is 1. The van der Waals surface area contributed by atoms with E-state index in [0.717, 1.165) is 25.5 Å². The Balaban J connectivity index is 1.99. The fraction of sp³-hybridized carbons (Fsp3) is 0.471. The molecular formula is C17H21NO. The molecule has 19 heavy (non-hydrogen) atoms. The molecular weight excluding hydrogens is 234 g/mol. The van der Waals surface area contributed by atoms with Gasteiger partial charge >= 0.3 is 0 Å². The first kappa shape index (κ1) is 12.5. The second kappa shape index (κ2) is 4.84. The van der Waals surface area contributed by atoms with Crippen molar-refractivity contribution in [3.05, 3.63) is 35.5 Å². The van der Waals surface area contributed by atoms with Crippen LogP contribution in [-0.2, 0) is 17.6 Å². The molecule has 1 N–H and O–H groups in total. The van der Waals surface area contributed by atoms with Crippen LogP contribution in [-0.4, -0.2) is 11.3 Å². The third-order valence-electron chi connectivity index (χ3n) is 4.90. The van der Waals surface area contributed by atoms with Gasteiger partial charge in [-0.15, -0.1) is 0 Å². The number of carbonyl (C=O) groups is 1. The van der Waals surface area contributed by atoms with Crippen LogP contribution in [0.3, 0.4) is 0 Å². The number of para-hydroxylation sites is 1. The zero-order chi connectivity index (χ0) is 13.3. The molecule has 1 aliphatic carbocycles. The molecule has 1 heterocycles. The monoisotopic (exact) mass is 255 g/mol. The Morgan fingerprint density at radius 2 is 2.21 bits per heavy atom.